The number of nitrogens with one attached hydrogen (secondary N) is 2. The second-order valence-corrected chi connectivity index (χ2v) is 7.04. The van der Waals surface area contributed by atoms with Crippen LogP contribution >= 0.6 is 0 Å². The average molecular weight is 332 g/mol. The number of hydrogen-bond donors (Lipinski definition) is 2. The van der Waals surface area contributed by atoms with Crippen molar-refractivity contribution >= 4 is 27.3 Å². The Morgan fingerprint density at radius 1 is 1.17 bits per heavy atom. The summed E-state index contributed by atoms with van der Waals surface area (Å²) in [6.07, 6.45) is 0. The van der Waals surface area contributed by atoms with E-state index in [9.17, 15) is 13.2 Å². The SMILES string of the molecule is Cc1ccc(C)c(S(=O)(=O)Nc2cccc3c2NC(=O)CO3)c1. The van der Waals surface area contributed by atoms with E-state index in [1.54, 1.807) is 37.3 Å². The minimum atomic E-state index is -3.77. The van der Waals surface area contributed by atoms with Gasteiger partial charge in [0, 0.05) is 0 Å². The zero-order chi connectivity index (χ0) is 16.6. The molecule has 0 atom stereocenters. The molecule has 2 N–H and O–H groups in total. The lowest BCUT2D eigenvalue weighted by atomic mass is 10.2. The summed E-state index contributed by atoms with van der Waals surface area (Å²) in [5.74, 6) is 0.113. The van der Waals surface area contributed by atoms with Crippen LogP contribution < -0.4 is 14.8 Å². The highest BCUT2D eigenvalue weighted by Gasteiger charge is 2.23. The van der Waals surface area contributed by atoms with Crippen LogP contribution in [0.1, 0.15) is 11.1 Å². The lowest BCUT2D eigenvalue weighted by Crippen LogP contribution is -2.26. The van der Waals surface area contributed by atoms with Gasteiger partial charge in [0.1, 0.15) is 11.4 Å². The van der Waals surface area contributed by atoms with E-state index in [0.29, 0.717) is 17.0 Å². The molecule has 23 heavy (non-hydrogen) atoms. The van der Waals surface area contributed by atoms with Gasteiger partial charge < -0.3 is 10.1 Å². The predicted molar refractivity (Wildman–Crippen MR) is 87.3 cm³/mol. The Hall–Kier alpha value is -2.54. The van der Waals surface area contributed by atoms with E-state index in [2.05, 4.69) is 10.0 Å². The van der Waals surface area contributed by atoms with Crippen LogP contribution in [-0.4, -0.2) is 20.9 Å². The van der Waals surface area contributed by atoms with Crippen LogP contribution in [0.5, 0.6) is 5.75 Å². The highest BCUT2D eigenvalue weighted by Crippen LogP contribution is 2.36. The Kier molecular flexibility index (Phi) is 3.73. The standard InChI is InChI=1S/C16H16N2O4S/c1-10-6-7-11(2)14(8-10)23(20,21)18-12-4-3-5-13-16(12)17-15(19)9-22-13/h3-8,18H,9H2,1-2H3,(H,17,19). The zero-order valence-electron chi connectivity index (χ0n) is 12.7. The molecule has 0 bridgehead atoms. The molecule has 6 nitrogen and oxygen atoms in total. The summed E-state index contributed by atoms with van der Waals surface area (Å²) in [5.41, 5.74) is 2.10. The molecule has 2 aromatic carbocycles. The van der Waals surface area contributed by atoms with Crippen molar-refractivity contribution in [1.82, 2.24) is 0 Å². The second kappa shape index (κ2) is 5.58. The van der Waals surface area contributed by atoms with Gasteiger partial charge >= 0.3 is 0 Å². The molecular formula is C16H16N2O4S. The minimum absolute atomic E-state index is 0.0831. The monoisotopic (exact) mass is 332 g/mol. The summed E-state index contributed by atoms with van der Waals surface area (Å²) in [4.78, 5) is 11.7. The molecule has 2 aromatic rings. The highest BCUT2D eigenvalue weighted by molar-refractivity contribution is 7.92. The van der Waals surface area contributed by atoms with Gasteiger partial charge in [-0.3, -0.25) is 9.52 Å². The maximum Gasteiger partial charge on any atom is 0.262 e. The van der Waals surface area contributed by atoms with E-state index in [1.165, 1.54) is 0 Å². The van der Waals surface area contributed by atoms with Gasteiger partial charge in [0.2, 0.25) is 0 Å². The molecule has 120 valence electrons. The van der Waals surface area contributed by atoms with Gasteiger partial charge in [0.15, 0.2) is 6.61 Å². The number of hydrogen-bond acceptors (Lipinski definition) is 4. The second-order valence-electron chi connectivity index (χ2n) is 5.39. The lowest BCUT2D eigenvalue weighted by molar-refractivity contribution is -0.118. The molecule has 1 amide bonds. The third kappa shape index (κ3) is 3.00. The maximum atomic E-state index is 12.7. The normalized spacial score (nSPS) is 13.7. The fraction of sp³-hybridized carbons (Fsp3) is 0.188. The van der Waals surface area contributed by atoms with E-state index in [1.807, 2.05) is 13.0 Å². The van der Waals surface area contributed by atoms with Crippen molar-refractivity contribution in [3.63, 3.8) is 0 Å². The molecule has 0 fully saturated rings. The Bertz CT molecular complexity index is 891. The topological polar surface area (TPSA) is 84.5 Å². The van der Waals surface area contributed by atoms with E-state index in [0.717, 1.165) is 5.56 Å². The fourth-order valence-corrected chi connectivity index (χ4v) is 3.78. The number of rotatable bonds is 3. The Balaban J connectivity index is 2.02. The first-order valence-electron chi connectivity index (χ1n) is 7.02. The van der Waals surface area contributed by atoms with E-state index >= 15 is 0 Å². The average Bonchev–Trinajstić information content (AvgIpc) is 2.50. The highest BCUT2D eigenvalue weighted by atomic mass is 32.2. The van der Waals surface area contributed by atoms with Crippen LogP contribution in [0.25, 0.3) is 0 Å². The van der Waals surface area contributed by atoms with Crippen LogP contribution in [-0.2, 0) is 14.8 Å². The van der Waals surface area contributed by atoms with Gasteiger partial charge in [0.25, 0.3) is 15.9 Å². The number of aryl methyl sites for hydroxylation is 2. The summed E-state index contributed by atoms with van der Waals surface area (Å²) in [6.45, 7) is 3.48. The van der Waals surface area contributed by atoms with Crippen LogP contribution in [0, 0.1) is 13.8 Å². The minimum Gasteiger partial charge on any atom is -0.481 e. The number of carbonyl (C=O) groups excluding carboxylic acids is 1. The molecule has 0 saturated heterocycles. The molecule has 0 aromatic heterocycles. The quantitative estimate of drug-likeness (QED) is 0.904. The van der Waals surface area contributed by atoms with E-state index in [4.69, 9.17) is 4.74 Å². The van der Waals surface area contributed by atoms with Gasteiger partial charge in [0.05, 0.1) is 10.6 Å². The predicted octanol–water partition coefficient (Wildman–Crippen LogP) is 2.44. The fourth-order valence-electron chi connectivity index (χ4n) is 2.38. The van der Waals surface area contributed by atoms with Gasteiger partial charge in [-0.1, -0.05) is 18.2 Å². The summed E-state index contributed by atoms with van der Waals surface area (Å²) < 4.78 is 33.2. The van der Waals surface area contributed by atoms with E-state index < -0.39 is 10.0 Å². The number of anilines is 2. The van der Waals surface area contributed by atoms with E-state index in [-0.39, 0.29) is 23.1 Å². The van der Waals surface area contributed by atoms with Crippen molar-refractivity contribution in [3.05, 3.63) is 47.5 Å². The van der Waals surface area contributed by atoms with Crippen LogP contribution in [0.2, 0.25) is 0 Å². The first kappa shape index (κ1) is 15.4. The molecule has 0 radical (unpaired) electrons. The van der Waals surface area contributed by atoms with Crippen molar-refractivity contribution < 1.29 is 17.9 Å². The number of sulfonamides is 1. The van der Waals surface area contributed by atoms with Crippen molar-refractivity contribution in [2.24, 2.45) is 0 Å². The number of ether oxygens (including phenoxy) is 1. The van der Waals surface area contributed by atoms with Crippen LogP contribution in [0.4, 0.5) is 11.4 Å². The van der Waals surface area contributed by atoms with Crippen molar-refractivity contribution in [1.29, 1.82) is 0 Å². The Morgan fingerprint density at radius 3 is 2.74 bits per heavy atom. The zero-order valence-corrected chi connectivity index (χ0v) is 13.5. The van der Waals surface area contributed by atoms with Crippen LogP contribution in [0.15, 0.2) is 41.3 Å². The molecule has 1 aliphatic heterocycles. The third-order valence-corrected chi connectivity index (χ3v) is 5.03. The molecular weight excluding hydrogens is 316 g/mol. The molecule has 0 saturated carbocycles. The van der Waals surface area contributed by atoms with Crippen molar-refractivity contribution in [2.45, 2.75) is 18.7 Å². The summed E-state index contributed by atoms with van der Waals surface area (Å²) in [7, 11) is -3.77. The smallest absolute Gasteiger partial charge is 0.262 e. The molecule has 0 aliphatic carbocycles. The maximum absolute atomic E-state index is 12.7. The lowest BCUT2D eigenvalue weighted by Gasteiger charge is -2.21. The van der Waals surface area contributed by atoms with Gasteiger partial charge in [-0.05, 0) is 43.2 Å². The first-order valence-corrected chi connectivity index (χ1v) is 8.51. The molecule has 1 aliphatic rings. The van der Waals surface area contributed by atoms with Gasteiger partial charge in [-0.25, -0.2) is 8.42 Å². The molecule has 0 spiro atoms. The Labute approximate surface area is 134 Å². The number of amides is 1. The molecule has 7 heteroatoms. The summed E-state index contributed by atoms with van der Waals surface area (Å²) in [6, 6.07) is 10.1. The number of fused-ring (bicyclic) bond motifs is 1. The Morgan fingerprint density at radius 2 is 1.96 bits per heavy atom. The molecule has 1 heterocycles. The van der Waals surface area contributed by atoms with Crippen molar-refractivity contribution in [3.8, 4) is 5.75 Å². The molecule has 3 rings (SSSR count). The number of para-hydroxylation sites is 1. The third-order valence-electron chi connectivity index (χ3n) is 3.53. The van der Waals surface area contributed by atoms with Crippen LogP contribution in [0.3, 0.4) is 0 Å². The van der Waals surface area contributed by atoms with Gasteiger partial charge in [-0.2, -0.15) is 0 Å². The number of carbonyl (C=O) groups is 1. The van der Waals surface area contributed by atoms with Crippen molar-refractivity contribution in [2.75, 3.05) is 16.6 Å². The largest absolute Gasteiger partial charge is 0.481 e. The van der Waals surface area contributed by atoms with Gasteiger partial charge in [-0.15, -0.1) is 0 Å². The summed E-state index contributed by atoms with van der Waals surface area (Å²) in [5, 5.41) is 2.64. The number of benzene rings is 2. The first-order chi connectivity index (χ1) is 10.9. The summed E-state index contributed by atoms with van der Waals surface area (Å²) >= 11 is 0. The molecule has 0 unspecified atom stereocenters.